The van der Waals surface area contributed by atoms with Crippen molar-refractivity contribution < 1.29 is 107 Å². The van der Waals surface area contributed by atoms with Crippen molar-refractivity contribution in [3.05, 3.63) is 426 Å². The summed E-state index contributed by atoms with van der Waals surface area (Å²) in [4.78, 5) is 39.1. The zero-order valence-corrected chi connectivity index (χ0v) is 92.1. The molecule has 15 heteroatoms. The molecule has 2 N–H and O–H groups in total. The molecule has 0 amide bonds. The van der Waals surface area contributed by atoms with Crippen LogP contribution in [0.3, 0.4) is 0 Å². The van der Waals surface area contributed by atoms with Crippen LogP contribution < -0.4 is 69.7 Å². The van der Waals surface area contributed by atoms with Crippen molar-refractivity contribution in [2.45, 2.75) is 98.2 Å². The number of esters is 2. The van der Waals surface area contributed by atoms with Gasteiger partial charge in [0.2, 0.25) is 0 Å². The Labute approximate surface area is 896 Å². The molecule has 0 saturated carbocycles. The quantitative estimate of drug-likeness (QED) is 0.0446. The Kier molecular flexibility index (Phi) is 35.8. The molecule has 0 heterocycles. The Hall–Kier alpha value is -13.1. The van der Waals surface area contributed by atoms with Gasteiger partial charge < -0.3 is 89.2 Å². The molecule has 0 fully saturated rings. The van der Waals surface area contributed by atoms with Gasteiger partial charge in [0.25, 0.3) is 0 Å². The van der Waals surface area contributed by atoms with Gasteiger partial charge in [0.05, 0.1) is 87.3 Å². The van der Waals surface area contributed by atoms with Crippen LogP contribution in [0, 0.1) is 11.6 Å². The van der Waals surface area contributed by atoms with Gasteiger partial charge in [-0.25, -0.2) is 23.2 Å². The van der Waals surface area contributed by atoms with Crippen LogP contribution in [0.15, 0.2) is 364 Å². The average Bonchev–Trinajstić information content (AvgIpc) is 0.783. The van der Waals surface area contributed by atoms with Crippen molar-refractivity contribution in [2.75, 3.05) is 84.7 Å². The molecule has 10 nitrogen and oxygen atoms in total. The number of nitrogens with one attached hydrogen (secondary N) is 1. The van der Waals surface area contributed by atoms with Crippen molar-refractivity contribution in [3.8, 4) is 111 Å². The second kappa shape index (κ2) is 46.9. The topological polar surface area (TPSA) is 97.6 Å². The highest BCUT2D eigenvalue weighted by Gasteiger charge is 2.25. The average molecular weight is 2170 g/mol. The van der Waals surface area contributed by atoms with Gasteiger partial charge in [-0.3, -0.25) is 4.48 Å². The highest BCUT2D eigenvalue weighted by molar-refractivity contribution is 6.04. The predicted molar refractivity (Wildman–Crippen MR) is 591 cm³/mol. The van der Waals surface area contributed by atoms with E-state index < -0.39 is 5.97 Å². The monoisotopic (exact) mass is 2170 g/mol. The Morgan fingerprint density at radius 3 is 0.966 bits per heavy atom. The number of hydrogen-bond acceptors (Lipinski definition) is 6. The van der Waals surface area contributed by atoms with Crippen LogP contribution in [0.4, 0.5) is 14.5 Å². The summed E-state index contributed by atoms with van der Waals surface area (Å²) in [6.07, 6.45) is 0. The highest BCUT2D eigenvalue weighted by atomic mass is 127. The fourth-order valence-electron chi connectivity index (χ4n) is 18.7. The lowest BCUT2D eigenvalue weighted by molar-refractivity contribution is -0.883. The molecule has 145 heavy (non-hydrogen) atoms. The van der Waals surface area contributed by atoms with Crippen molar-refractivity contribution in [2.24, 2.45) is 0 Å². The molecule has 0 aromatic heterocycles. The molecule has 0 radical (unpaired) electrons. The van der Waals surface area contributed by atoms with E-state index in [1.807, 2.05) is 62.6 Å². The summed E-state index contributed by atoms with van der Waals surface area (Å²) in [5.74, 6) is -2.05. The maximum Gasteiger partial charge on any atom is 0.337 e. The Balaban J connectivity index is 0.000000171. The molecule has 0 unspecified atom stereocenters. The number of rotatable bonds is 20. The SMILES string of the molecule is COC(=O)c1ccc(-c2ccc3c(-c4ccc(C(C)(C)C)cc4)cccc3c2)c(CN(C)C)c1.COC(=O)c1ccc(-c2ccc3c(-c4ccc(C(C)(C)C)cc4)cccc3c2)c(C[N+](C)(C)C)c1.C[N+](C)(C)c1cccc(-c2ccc3c(-c4cc(-c5ccc(F)cc5)cc(-c5ccc(F)cc5)c4)cccc3c2)c1.C[NH+](C)Cc1cc(C(=O)O)ccc1-c1ccc2c(-c3ccc(C(C)(C)C)cc3)cccc2c1.[Cl-].[I-].[I-]. The first-order chi connectivity index (χ1) is 67.5. The summed E-state index contributed by atoms with van der Waals surface area (Å²) < 4.78 is 38.8. The van der Waals surface area contributed by atoms with Gasteiger partial charge in [0.15, 0.2) is 0 Å². The van der Waals surface area contributed by atoms with E-state index in [9.17, 15) is 28.3 Å². The number of hydrogen-bond donors (Lipinski definition) is 2. The predicted octanol–water partition coefficient (Wildman–Crippen LogP) is 21.6. The molecule has 18 rings (SSSR count). The summed E-state index contributed by atoms with van der Waals surface area (Å²) in [6, 6.07) is 124. The van der Waals surface area contributed by atoms with E-state index in [1.54, 1.807) is 30.3 Å². The van der Waals surface area contributed by atoms with Gasteiger partial charge in [-0.05, 0) is 316 Å². The molecule has 0 saturated heterocycles. The van der Waals surface area contributed by atoms with Crippen LogP contribution in [0.2, 0.25) is 0 Å². The van der Waals surface area contributed by atoms with E-state index >= 15 is 0 Å². The highest BCUT2D eigenvalue weighted by Crippen LogP contribution is 2.43. The van der Waals surface area contributed by atoms with Gasteiger partial charge in [-0.2, -0.15) is 0 Å². The van der Waals surface area contributed by atoms with Crippen LogP contribution in [0.1, 0.15) is 127 Å². The minimum Gasteiger partial charge on any atom is -1.00 e. The van der Waals surface area contributed by atoms with Crippen LogP contribution in [0.5, 0.6) is 0 Å². The summed E-state index contributed by atoms with van der Waals surface area (Å²) in [6.45, 7) is 22.4. The van der Waals surface area contributed by atoms with E-state index in [0.29, 0.717) is 16.7 Å². The number of carbonyl (C=O) groups is 3. The maximum atomic E-state index is 13.7. The van der Waals surface area contributed by atoms with E-state index in [2.05, 4.69) is 384 Å². The summed E-state index contributed by atoms with van der Waals surface area (Å²) in [5.41, 5.74) is 32.9. The molecule has 0 spiro atoms. The third-order valence-corrected chi connectivity index (χ3v) is 26.3. The van der Waals surface area contributed by atoms with Crippen LogP contribution in [0.25, 0.3) is 154 Å². The third-order valence-electron chi connectivity index (χ3n) is 26.3. The van der Waals surface area contributed by atoms with E-state index in [-0.39, 0.29) is 100 Å². The molecule has 0 atom stereocenters. The zero-order chi connectivity index (χ0) is 101. The number of halogens is 5. The van der Waals surface area contributed by atoms with Gasteiger partial charge >= 0.3 is 17.9 Å². The largest absolute Gasteiger partial charge is 1.00 e. The summed E-state index contributed by atoms with van der Waals surface area (Å²) in [5, 5.41) is 19.0. The normalized spacial score (nSPS) is 11.6. The third kappa shape index (κ3) is 27.2. The number of carboxylic acid groups (broad SMARTS) is 1. The number of fused-ring (bicyclic) bond motifs is 4. The fourth-order valence-corrected chi connectivity index (χ4v) is 18.7. The Morgan fingerprint density at radius 2 is 0.621 bits per heavy atom. The van der Waals surface area contributed by atoms with Crippen molar-refractivity contribution in [1.29, 1.82) is 0 Å². The number of carbonyl (C=O) groups excluding carboxylic acids is 2. The summed E-state index contributed by atoms with van der Waals surface area (Å²) >= 11 is 0. The molecular weight excluding hydrogens is 2040 g/mol. The number of nitrogens with zero attached hydrogens (tertiary/aromatic N) is 3. The second-order valence-electron chi connectivity index (χ2n) is 42.8. The number of carboxylic acids is 1. The number of methoxy groups -OCH3 is 2. The molecule has 18 aromatic carbocycles. The second-order valence-corrected chi connectivity index (χ2v) is 42.8. The smallest absolute Gasteiger partial charge is 0.337 e. The van der Waals surface area contributed by atoms with E-state index in [0.717, 1.165) is 123 Å². The lowest BCUT2D eigenvalue weighted by Crippen LogP contribution is -3.04. The van der Waals surface area contributed by atoms with Crippen molar-refractivity contribution in [3.63, 3.8) is 0 Å². The Bertz CT molecular complexity index is 7620. The molecule has 0 aliphatic carbocycles. The minimum atomic E-state index is -0.891. The molecule has 0 aliphatic rings. The van der Waals surface area contributed by atoms with Gasteiger partial charge in [-0.1, -0.05) is 311 Å². The Morgan fingerprint density at radius 1 is 0.317 bits per heavy atom. The first kappa shape index (κ1) is 111. The molecule has 0 bridgehead atoms. The van der Waals surface area contributed by atoms with E-state index in [1.165, 1.54) is 143 Å². The summed E-state index contributed by atoms with van der Waals surface area (Å²) in [7, 11) is 24.1. The van der Waals surface area contributed by atoms with Crippen molar-refractivity contribution in [1.82, 2.24) is 9.38 Å². The van der Waals surface area contributed by atoms with Crippen LogP contribution in [-0.4, -0.2) is 117 Å². The lowest BCUT2D eigenvalue weighted by Gasteiger charge is -2.25. The standard InChI is InChI=1S/C37H30F2N.C32H36NO2.C31H33NO2.C30H31NO2.ClH.2HI/c1-40(2,3)35-8-4-6-27(24-35)28-14-19-37-29(20-28)7-5-9-36(37)32-22-30(25-10-15-33(38)16-11-25)21-31(23-32)26-12-17-34(39)18-13-26;1-32(2,3)27-15-11-22(12-16-27)29-10-8-9-23-19-24(13-18-30(23)29)28-17-14-25(31(34)35-7)20-26(28)21-33(4,5)6;1-31(2,3)26-14-10-21(11-15-26)28-9-7-8-22-18-23(12-17-29(22)28)27-16-13-24(30(33)34-6)19-25(27)20-32(4)5;1-30(2,3)25-13-9-20(10-14-25)27-8-6-7-21-17-22(11-16-28(21)27)26-15-12-23(29(32)33)18-24(26)19-31(4)5;;;/h4-24H,1-3H3;8-20H,21H2,1-7H3;7-19H,20H2,1-6H3;6-18H,19H2,1-5H3,(H,32,33);3*1H/q2*+1;;;;;/p-2. The zero-order valence-electron chi connectivity index (χ0n) is 87.0. The van der Waals surface area contributed by atoms with Gasteiger partial charge in [0, 0.05) is 23.7 Å². The van der Waals surface area contributed by atoms with Gasteiger partial charge in [-0.15, -0.1) is 0 Å². The van der Waals surface area contributed by atoms with Crippen LogP contribution >= 0.6 is 0 Å². The van der Waals surface area contributed by atoms with Gasteiger partial charge in [0.1, 0.15) is 30.4 Å². The first-order valence-corrected chi connectivity index (χ1v) is 48.6. The molecule has 0 aliphatic heterocycles. The molecule has 742 valence electrons. The number of ether oxygens (including phenoxy) is 2. The first-order valence-electron chi connectivity index (χ1n) is 48.6. The number of benzene rings is 18. The number of aromatic carboxylic acids is 1. The van der Waals surface area contributed by atoms with E-state index in [4.69, 9.17) is 9.47 Å². The molecule has 18 aromatic rings. The number of quaternary nitrogens is 3. The van der Waals surface area contributed by atoms with Crippen molar-refractivity contribution >= 4 is 66.7 Å². The minimum absolute atomic E-state index is 0. The fraction of sp³-hybridized carbons (Fsp3) is 0.208. The maximum absolute atomic E-state index is 13.7. The van der Waals surface area contributed by atoms with Crippen LogP contribution in [-0.2, 0) is 45.4 Å². The molecular formula is C130H131ClF2I2N4O6. The lowest BCUT2D eigenvalue weighted by atomic mass is 9.86.